The molecule has 0 aliphatic heterocycles. The molecule has 0 saturated carbocycles. The highest BCUT2D eigenvalue weighted by atomic mass is 16.4. The third-order valence-electron chi connectivity index (χ3n) is 2.22. The summed E-state index contributed by atoms with van der Waals surface area (Å²) < 4.78 is 0. The van der Waals surface area contributed by atoms with Crippen molar-refractivity contribution in [2.75, 3.05) is 0 Å². The summed E-state index contributed by atoms with van der Waals surface area (Å²) in [5, 5.41) is 19.1. The highest BCUT2D eigenvalue weighted by molar-refractivity contribution is 5.79. The van der Waals surface area contributed by atoms with Gasteiger partial charge >= 0.3 is 5.97 Å². The summed E-state index contributed by atoms with van der Waals surface area (Å²) in [6.07, 6.45) is -0.00759. The van der Waals surface area contributed by atoms with Crippen LogP contribution in [0.4, 0.5) is 0 Å². The van der Waals surface area contributed by atoms with E-state index in [2.05, 4.69) is 0 Å². The van der Waals surface area contributed by atoms with Crippen molar-refractivity contribution in [3.8, 4) is 0 Å². The third kappa shape index (κ3) is 2.55. The monoisotopic (exact) mass is 209 g/mol. The fourth-order valence-electron chi connectivity index (χ4n) is 1.51. The number of rotatable bonds is 4. The van der Waals surface area contributed by atoms with E-state index < -0.39 is 11.6 Å². The van der Waals surface area contributed by atoms with Crippen LogP contribution in [0, 0.1) is 0 Å². The standard InChI is InChI=1S/C11H15NO3/c1-8(12)7-11(15,10(13)14)9-5-3-2-4-6-9/h2-6,8,15H,7,12H2,1H3,(H,13,14). The van der Waals surface area contributed by atoms with E-state index >= 15 is 0 Å². The molecule has 1 rings (SSSR count). The predicted octanol–water partition coefficient (Wildman–Crippen LogP) is 0.696. The van der Waals surface area contributed by atoms with Gasteiger partial charge in [-0.05, 0) is 12.5 Å². The number of carboxylic acids is 1. The molecular formula is C11H15NO3. The SMILES string of the molecule is CC(N)CC(O)(C(=O)O)c1ccccc1. The van der Waals surface area contributed by atoms with Crippen LogP contribution < -0.4 is 5.73 Å². The zero-order chi connectivity index (χ0) is 11.5. The van der Waals surface area contributed by atoms with Crippen molar-refractivity contribution in [1.82, 2.24) is 0 Å². The van der Waals surface area contributed by atoms with Gasteiger partial charge in [0, 0.05) is 12.5 Å². The Morgan fingerprint density at radius 1 is 1.47 bits per heavy atom. The fourth-order valence-corrected chi connectivity index (χ4v) is 1.51. The molecule has 0 radical (unpaired) electrons. The Labute approximate surface area is 88.3 Å². The van der Waals surface area contributed by atoms with Crippen molar-refractivity contribution >= 4 is 5.97 Å². The summed E-state index contributed by atoms with van der Waals surface area (Å²) in [5.41, 5.74) is 3.99. The predicted molar refractivity (Wildman–Crippen MR) is 56.2 cm³/mol. The first kappa shape index (κ1) is 11.7. The van der Waals surface area contributed by atoms with Gasteiger partial charge in [0.05, 0.1) is 0 Å². The summed E-state index contributed by atoms with van der Waals surface area (Å²) in [6.45, 7) is 1.66. The first-order chi connectivity index (χ1) is 6.97. The number of nitrogens with two attached hydrogens (primary N) is 1. The molecule has 4 heteroatoms. The van der Waals surface area contributed by atoms with E-state index in [1.807, 2.05) is 0 Å². The van der Waals surface area contributed by atoms with Crippen LogP contribution >= 0.6 is 0 Å². The lowest BCUT2D eigenvalue weighted by molar-refractivity contribution is -0.161. The van der Waals surface area contributed by atoms with Gasteiger partial charge in [-0.3, -0.25) is 0 Å². The lowest BCUT2D eigenvalue weighted by atomic mass is 9.88. The van der Waals surface area contributed by atoms with Crippen molar-refractivity contribution in [2.45, 2.75) is 25.0 Å². The van der Waals surface area contributed by atoms with Crippen molar-refractivity contribution in [3.63, 3.8) is 0 Å². The highest BCUT2D eigenvalue weighted by Gasteiger charge is 2.38. The Balaban J connectivity index is 3.07. The topological polar surface area (TPSA) is 83.5 Å². The average molecular weight is 209 g/mol. The van der Waals surface area contributed by atoms with Crippen LogP contribution in [-0.2, 0) is 10.4 Å². The van der Waals surface area contributed by atoms with Crippen molar-refractivity contribution < 1.29 is 15.0 Å². The van der Waals surface area contributed by atoms with E-state index in [4.69, 9.17) is 10.8 Å². The van der Waals surface area contributed by atoms with Crippen LogP contribution in [0.5, 0.6) is 0 Å². The molecule has 0 heterocycles. The molecule has 1 aromatic rings. The second kappa shape index (κ2) is 4.42. The maximum absolute atomic E-state index is 11.1. The van der Waals surface area contributed by atoms with Gasteiger partial charge in [-0.15, -0.1) is 0 Å². The Morgan fingerprint density at radius 2 is 2.00 bits per heavy atom. The molecule has 2 atom stereocenters. The largest absolute Gasteiger partial charge is 0.479 e. The Hall–Kier alpha value is -1.39. The van der Waals surface area contributed by atoms with Crippen LogP contribution in [0.2, 0.25) is 0 Å². The molecule has 0 fully saturated rings. The maximum Gasteiger partial charge on any atom is 0.340 e. The molecule has 0 aliphatic carbocycles. The third-order valence-corrected chi connectivity index (χ3v) is 2.22. The minimum Gasteiger partial charge on any atom is -0.479 e. The summed E-state index contributed by atoms with van der Waals surface area (Å²) in [6, 6.07) is 7.91. The number of aliphatic hydroxyl groups is 1. The molecule has 82 valence electrons. The van der Waals surface area contributed by atoms with E-state index in [1.54, 1.807) is 37.3 Å². The molecule has 0 saturated heterocycles. The van der Waals surface area contributed by atoms with Gasteiger partial charge in [-0.25, -0.2) is 4.79 Å². The summed E-state index contributed by atoms with van der Waals surface area (Å²) in [7, 11) is 0. The van der Waals surface area contributed by atoms with Gasteiger partial charge in [-0.1, -0.05) is 30.3 Å². The minimum atomic E-state index is -1.89. The average Bonchev–Trinajstić information content (AvgIpc) is 2.17. The van der Waals surface area contributed by atoms with E-state index in [0.29, 0.717) is 5.56 Å². The van der Waals surface area contributed by atoms with Crippen LogP contribution in [0.15, 0.2) is 30.3 Å². The van der Waals surface area contributed by atoms with Gasteiger partial charge < -0.3 is 15.9 Å². The number of carboxylic acid groups (broad SMARTS) is 1. The van der Waals surface area contributed by atoms with Crippen LogP contribution in [-0.4, -0.2) is 22.2 Å². The normalized spacial score (nSPS) is 16.7. The molecule has 0 bridgehead atoms. The highest BCUT2D eigenvalue weighted by Crippen LogP contribution is 2.26. The quantitative estimate of drug-likeness (QED) is 0.681. The number of benzene rings is 1. The van der Waals surface area contributed by atoms with Gasteiger partial charge in [0.15, 0.2) is 5.60 Å². The first-order valence-corrected chi connectivity index (χ1v) is 4.73. The van der Waals surface area contributed by atoms with Crippen molar-refractivity contribution in [2.24, 2.45) is 5.73 Å². The smallest absolute Gasteiger partial charge is 0.340 e. The molecule has 15 heavy (non-hydrogen) atoms. The van der Waals surface area contributed by atoms with E-state index in [0.717, 1.165) is 0 Å². The molecule has 4 N–H and O–H groups in total. The Bertz CT molecular complexity index is 337. The Kier molecular flexibility index (Phi) is 3.44. The lowest BCUT2D eigenvalue weighted by Crippen LogP contribution is -2.40. The van der Waals surface area contributed by atoms with Gasteiger partial charge in [0.25, 0.3) is 0 Å². The molecule has 0 spiro atoms. The summed E-state index contributed by atoms with van der Waals surface area (Å²) >= 11 is 0. The second-order valence-corrected chi connectivity index (χ2v) is 3.71. The first-order valence-electron chi connectivity index (χ1n) is 4.73. The van der Waals surface area contributed by atoms with Crippen LogP contribution in [0.25, 0.3) is 0 Å². The molecule has 0 aliphatic rings. The number of aliphatic carboxylic acids is 1. The maximum atomic E-state index is 11.1. The zero-order valence-electron chi connectivity index (χ0n) is 8.55. The van der Waals surface area contributed by atoms with Crippen LogP contribution in [0.3, 0.4) is 0 Å². The van der Waals surface area contributed by atoms with Gasteiger partial charge in [0.1, 0.15) is 0 Å². The van der Waals surface area contributed by atoms with Crippen molar-refractivity contribution in [3.05, 3.63) is 35.9 Å². The van der Waals surface area contributed by atoms with Crippen molar-refractivity contribution in [1.29, 1.82) is 0 Å². The molecular weight excluding hydrogens is 194 g/mol. The molecule has 4 nitrogen and oxygen atoms in total. The van der Waals surface area contributed by atoms with Gasteiger partial charge in [-0.2, -0.15) is 0 Å². The van der Waals surface area contributed by atoms with Crippen LogP contribution in [0.1, 0.15) is 18.9 Å². The minimum absolute atomic E-state index is 0.00759. The summed E-state index contributed by atoms with van der Waals surface area (Å²) in [5.74, 6) is -1.27. The molecule has 2 unspecified atom stereocenters. The molecule has 0 aromatic heterocycles. The fraction of sp³-hybridized carbons (Fsp3) is 0.364. The lowest BCUT2D eigenvalue weighted by Gasteiger charge is -2.25. The number of carbonyl (C=O) groups is 1. The Morgan fingerprint density at radius 3 is 2.40 bits per heavy atom. The second-order valence-electron chi connectivity index (χ2n) is 3.71. The van der Waals surface area contributed by atoms with Gasteiger partial charge in [0.2, 0.25) is 0 Å². The van der Waals surface area contributed by atoms with E-state index in [-0.39, 0.29) is 12.5 Å². The summed E-state index contributed by atoms with van der Waals surface area (Å²) in [4.78, 5) is 11.1. The zero-order valence-corrected chi connectivity index (χ0v) is 8.55. The van der Waals surface area contributed by atoms with E-state index in [9.17, 15) is 9.90 Å². The number of hydrogen-bond donors (Lipinski definition) is 3. The number of hydrogen-bond acceptors (Lipinski definition) is 3. The molecule has 1 aromatic carbocycles. The molecule has 0 amide bonds. The van der Waals surface area contributed by atoms with E-state index in [1.165, 1.54) is 0 Å².